The SMILES string of the molecule is Cc1ccccc1-c1noc([C@@H]2CCCN2C(=O)Nc2ccccc2Cl)n1. The zero-order valence-electron chi connectivity index (χ0n) is 14.9. The second kappa shape index (κ2) is 7.40. The van der Waals surface area contributed by atoms with Crippen LogP contribution in [0.2, 0.25) is 5.02 Å². The van der Waals surface area contributed by atoms with Gasteiger partial charge in [0.25, 0.3) is 0 Å². The Kier molecular flexibility index (Phi) is 4.81. The molecular weight excluding hydrogens is 364 g/mol. The van der Waals surface area contributed by atoms with Gasteiger partial charge in [-0.2, -0.15) is 4.98 Å². The lowest BCUT2D eigenvalue weighted by atomic mass is 10.1. The molecule has 1 aromatic heterocycles. The van der Waals surface area contributed by atoms with Gasteiger partial charge < -0.3 is 14.7 Å². The lowest BCUT2D eigenvalue weighted by molar-refractivity contribution is 0.193. The second-order valence-corrected chi connectivity index (χ2v) is 6.94. The molecule has 7 heteroatoms. The Bertz CT molecular complexity index is 972. The number of aryl methyl sites for hydroxylation is 1. The highest BCUT2D eigenvalue weighted by molar-refractivity contribution is 6.33. The molecule has 1 aliphatic rings. The predicted molar refractivity (Wildman–Crippen MR) is 104 cm³/mol. The van der Waals surface area contributed by atoms with Crippen LogP contribution in [0.3, 0.4) is 0 Å². The maximum Gasteiger partial charge on any atom is 0.322 e. The third-order valence-corrected chi connectivity index (χ3v) is 5.07. The number of nitrogens with zero attached hydrogens (tertiary/aromatic N) is 3. The van der Waals surface area contributed by atoms with Gasteiger partial charge in [-0.3, -0.25) is 0 Å². The number of para-hydroxylation sites is 1. The zero-order chi connectivity index (χ0) is 18.8. The van der Waals surface area contributed by atoms with Gasteiger partial charge in [-0.15, -0.1) is 0 Å². The van der Waals surface area contributed by atoms with Crippen molar-refractivity contribution < 1.29 is 9.32 Å². The van der Waals surface area contributed by atoms with Crippen LogP contribution in [0.5, 0.6) is 0 Å². The number of carbonyl (C=O) groups excluding carboxylic acids is 1. The Hall–Kier alpha value is -2.86. The van der Waals surface area contributed by atoms with Crippen molar-refractivity contribution in [2.45, 2.75) is 25.8 Å². The molecule has 1 atom stereocenters. The number of hydrogen-bond acceptors (Lipinski definition) is 4. The first-order valence-corrected chi connectivity index (χ1v) is 9.23. The first-order chi connectivity index (χ1) is 13.1. The average Bonchev–Trinajstić information content (AvgIpc) is 3.33. The van der Waals surface area contributed by atoms with Crippen LogP contribution in [0.15, 0.2) is 53.1 Å². The van der Waals surface area contributed by atoms with E-state index in [2.05, 4.69) is 15.5 Å². The lowest BCUT2D eigenvalue weighted by Gasteiger charge is -2.22. The number of nitrogens with one attached hydrogen (secondary N) is 1. The van der Waals surface area contributed by atoms with E-state index in [-0.39, 0.29) is 12.1 Å². The number of urea groups is 1. The van der Waals surface area contributed by atoms with Crippen molar-refractivity contribution in [2.75, 3.05) is 11.9 Å². The van der Waals surface area contributed by atoms with Gasteiger partial charge in [0.15, 0.2) is 0 Å². The van der Waals surface area contributed by atoms with Gasteiger partial charge in [0.05, 0.1) is 10.7 Å². The molecule has 1 aliphatic heterocycles. The minimum Gasteiger partial charge on any atom is -0.337 e. The number of benzene rings is 2. The van der Waals surface area contributed by atoms with E-state index in [1.54, 1.807) is 17.0 Å². The number of amides is 2. The van der Waals surface area contributed by atoms with Crippen LogP contribution < -0.4 is 5.32 Å². The molecule has 2 aromatic carbocycles. The van der Waals surface area contributed by atoms with Crippen LogP contribution in [-0.4, -0.2) is 27.6 Å². The summed E-state index contributed by atoms with van der Waals surface area (Å²) < 4.78 is 5.50. The third kappa shape index (κ3) is 3.53. The Morgan fingerprint density at radius 2 is 2.00 bits per heavy atom. The van der Waals surface area contributed by atoms with Crippen LogP contribution in [0.1, 0.15) is 30.3 Å². The average molecular weight is 383 g/mol. The minimum atomic E-state index is -0.238. The number of aromatic nitrogens is 2. The summed E-state index contributed by atoms with van der Waals surface area (Å²) >= 11 is 6.14. The quantitative estimate of drug-likeness (QED) is 0.686. The number of hydrogen-bond donors (Lipinski definition) is 1. The minimum absolute atomic E-state index is 0.221. The van der Waals surface area contributed by atoms with Crippen LogP contribution in [0, 0.1) is 6.92 Å². The van der Waals surface area contributed by atoms with Crippen molar-refractivity contribution in [2.24, 2.45) is 0 Å². The lowest BCUT2D eigenvalue weighted by Crippen LogP contribution is -2.34. The summed E-state index contributed by atoms with van der Waals surface area (Å²) in [6.45, 7) is 2.63. The predicted octanol–water partition coefficient (Wildman–Crippen LogP) is 5.07. The smallest absolute Gasteiger partial charge is 0.322 e. The molecule has 3 aromatic rings. The molecule has 1 saturated heterocycles. The largest absolute Gasteiger partial charge is 0.337 e. The summed E-state index contributed by atoms with van der Waals surface area (Å²) in [6, 6.07) is 14.6. The van der Waals surface area contributed by atoms with Gasteiger partial charge in [0.1, 0.15) is 6.04 Å². The molecule has 0 spiro atoms. The molecule has 0 unspecified atom stereocenters. The monoisotopic (exact) mass is 382 g/mol. The summed E-state index contributed by atoms with van der Waals surface area (Å²) in [4.78, 5) is 19.0. The molecule has 138 valence electrons. The van der Waals surface area contributed by atoms with Crippen molar-refractivity contribution >= 4 is 23.3 Å². The molecule has 4 rings (SSSR count). The fourth-order valence-electron chi connectivity index (χ4n) is 3.32. The van der Waals surface area contributed by atoms with E-state index in [1.807, 2.05) is 43.3 Å². The van der Waals surface area contributed by atoms with E-state index >= 15 is 0 Å². The number of carbonyl (C=O) groups is 1. The third-order valence-electron chi connectivity index (χ3n) is 4.74. The van der Waals surface area contributed by atoms with Crippen LogP contribution >= 0.6 is 11.6 Å². The Morgan fingerprint density at radius 3 is 2.81 bits per heavy atom. The maximum absolute atomic E-state index is 12.7. The fourth-order valence-corrected chi connectivity index (χ4v) is 3.50. The summed E-state index contributed by atoms with van der Waals surface area (Å²) in [5.41, 5.74) is 2.59. The zero-order valence-corrected chi connectivity index (χ0v) is 15.6. The molecule has 27 heavy (non-hydrogen) atoms. The van der Waals surface area contributed by atoms with E-state index in [0.717, 1.165) is 24.0 Å². The normalized spacial score (nSPS) is 16.5. The summed E-state index contributed by atoms with van der Waals surface area (Å²) in [7, 11) is 0. The van der Waals surface area contributed by atoms with E-state index < -0.39 is 0 Å². The molecule has 6 nitrogen and oxygen atoms in total. The molecule has 1 N–H and O–H groups in total. The summed E-state index contributed by atoms with van der Waals surface area (Å²) in [5, 5.41) is 7.48. The van der Waals surface area contributed by atoms with E-state index in [0.29, 0.717) is 29.0 Å². The Morgan fingerprint density at radius 1 is 1.22 bits per heavy atom. The maximum atomic E-state index is 12.7. The van der Waals surface area contributed by atoms with E-state index in [1.165, 1.54) is 0 Å². The van der Waals surface area contributed by atoms with Gasteiger partial charge in [0.2, 0.25) is 11.7 Å². The Balaban J connectivity index is 1.54. The molecule has 0 radical (unpaired) electrons. The van der Waals surface area contributed by atoms with Crippen molar-refractivity contribution in [1.29, 1.82) is 0 Å². The van der Waals surface area contributed by atoms with Gasteiger partial charge in [-0.25, -0.2) is 4.79 Å². The van der Waals surface area contributed by atoms with E-state index in [9.17, 15) is 4.79 Å². The first-order valence-electron chi connectivity index (χ1n) is 8.85. The molecule has 0 saturated carbocycles. The number of likely N-dealkylation sites (tertiary alicyclic amines) is 1. The first kappa shape index (κ1) is 17.5. The Labute approximate surface area is 162 Å². The van der Waals surface area contributed by atoms with Gasteiger partial charge in [-0.05, 0) is 37.5 Å². The van der Waals surface area contributed by atoms with Crippen LogP contribution in [0.4, 0.5) is 10.5 Å². The number of anilines is 1. The molecular formula is C20H19ClN4O2. The van der Waals surface area contributed by atoms with Crippen LogP contribution in [-0.2, 0) is 0 Å². The van der Waals surface area contributed by atoms with Crippen molar-refractivity contribution in [3.05, 3.63) is 65.0 Å². The molecule has 0 aliphatic carbocycles. The highest BCUT2D eigenvalue weighted by Crippen LogP contribution is 2.33. The van der Waals surface area contributed by atoms with Crippen molar-refractivity contribution in [3.8, 4) is 11.4 Å². The molecule has 2 amide bonds. The highest BCUT2D eigenvalue weighted by atomic mass is 35.5. The fraction of sp³-hybridized carbons (Fsp3) is 0.250. The van der Waals surface area contributed by atoms with Gasteiger partial charge >= 0.3 is 6.03 Å². The number of halogens is 1. The standard InChI is InChI=1S/C20H19ClN4O2/c1-13-7-2-3-8-14(13)18-23-19(27-24-18)17-11-6-12-25(17)20(26)22-16-10-5-4-9-15(16)21/h2-5,7-10,17H,6,11-12H2,1H3,(H,22,26)/t17-/m0/s1. The van der Waals surface area contributed by atoms with Gasteiger partial charge in [-0.1, -0.05) is 53.2 Å². The second-order valence-electron chi connectivity index (χ2n) is 6.53. The topological polar surface area (TPSA) is 71.3 Å². The van der Waals surface area contributed by atoms with Crippen molar-refractivity contribution in [3.63, 3.8) is 0 Å². The van der Waals surface area contributed by atoms with Gasteiger partial charge in [0, 0.05) is 12.1 Å². The summed E-state index contributed by atoms with van der Waals surface area (Å²) in [6.07, 6.45) is 1.66. The summed E-state index contributed by atoms with van der Waals surface area (Å²) in [5.74, 6) is 1.00. The highest BCUT2D eigenvalue weighted by Gasteiger charge is 2.34. The molecule has 1 fully saturated rings. The number of rotatable bonds is 3. The molecule has 0 bridgehead atoms. The molecule has 2 heterocycles. The van der Waals surface area contributed by atoms with Crippen molar-refractivity contribution in [1.82, 2.24) is 15.0 Å². The van der Waals surface area contributed by atoms with Crippen LogP contribution in [0.25, 0.3) is 11.4 Å². The van der Waals surface area contributed by atoms with E-state index in [4.69, 9.17) is 16.1 Å².